The zero-order chi connectivity index (χ0) is 9.26. The first-order chi connectivity index (χ1) is 6.35. The Labute approximate surface area is 77.9 Å². The van der Waals surface area contributed by atoms with Crippen LogP contribution in [0.5, 0.6) is 5.88 Å². The van der Waals surface area contributed by atoms with Crippen molar-refractivity contribution in [1.29, 1.82) is 0 Å². The van der Waals surface area contributed by atoms with Gasteiger partial charge in [-0.1, -0.05) is 6.07 Å². The third kappa shape index (κ3) is 1.65. The summed E-state index contributed by atoms with van der Waals surface area (Å²) in [5.74, 6) is 1.99. The predicted octanol–water partition coefficient (Wildman–Crippen LogP) is 1.15. The van der Waals surface area contributed by atoms with Crippen molar-refractivity contribution in [2.45, 2.75) is 12.3 Å². The Balaban J connectivity index is 2.07. The van der Waals surface area contributed by atoms with Gasteiger partial charge in [0.2, 0.25) is 5.88 Å². The molecule has 3 nitrogen and oxygen atoms in total. The van der Waals surface area contributed by atoms with Crippen molar-refractivity contribution >= 4 is 0 Å². The maximum atomic E-state index is 5.57. The summed E-state index contributed by atoms with van der Waals surface area (Å²) in [6, 6.07) is 3.98. The topological polar surface area (TPSA) is 48.1 Å². The largest absolute Gasteiger partial charge is 0.481 e. The molecule has 1 aliphatic rings. The zero-order valence-corrected chi connectivity index (χ0v) is 7.73. The van der Waals surface area contributed by atoms with Gasteiger partial charge in [0.15, 0.2) is 0 Å². The fourth-order valence-corrected chi connectivity index (χ4v) is 1.65. The highest BCUT2D eigenvalue weighted by Gasteiger charge is 2.36. The normalized spacial score (nSPS) is 25.7. The van der Waals surface area contributed by atoms with Crippen LogP contribution >= 0.6 is 0 Å². The Morgan fingerprint density at radius 1 is 1.62 bits per heavy atom. The van der Waals surface area contributed by atoms with Crippen molar-refractivity contribution in [2.24, 2.45) is 11.7 Å². The van der Waals surface area contributed by atoms with Crippen LogP contribution in [0.4, 0.5) is 0 Å². The second kappa shape index (κ2) is 3.34. The van der Waals surface area contributed by atoms with Crippen LogP contribution in [-0.4, -0.2) is 18.6 Å². The number of methoxy groups -OCH3 is 1. The van der Waals surface area contributed by atoms with Crippen molar-refractivity contribution in [3.05, 3.63) is 23.9 Å². The molecule has 2 rings (SSSR count). The van der Waals surface area contributed by atoms with E-state index < -0.39 is 0 Å². The molecule has 0 radical (unpaired) electrons. The van der Waals surface area contributed by atoms with E-state index in [1.165, 1.54) is 12.0 Å². The maximum absolute atomic E-state index is 5.57. The molecule has 1 aromatic rings. The molecule has 2 unspecified atom stereocenters. The van der Waals surface area contributed by atoms with Gasteiger partial charge < -0.3 is 10.5 Å². The molecule has 1 aliphatic carbocycles. The third-order valence-corrected chi connectivity index (χ3v) is 2.62. The summed E-state index contributed by atoms with van der Waals surface area (Å²) < 4.78 is 4.99. The van der Waals surface area contributed by atoms with Gasteiger partial charge in [-0.05, 0) is 30.4 Å². The fraction of sp³-hybridized carbons (Fsp3) is 0.500. The highest BCUT2D eigenvalue weighted by molar-refractivity contribution is 5.26. The van der Waals surface area contributed by atoms with Gasteiger partial charge >= 0.3 is 0 Å². The second-order valence-electron chi connectivity index (χ2n) is 3.47. The first-order valence-electron chi connectivity index (χ1n) is 4.55. The molecule has 70 valence electrons. The summed E-state index contributed by atoms with van der Waals surface area (Å²) in [5, 5.41) is 0. The molecular weight excluding hydrogens is 164 g/mol. The minimum Gasteiger partial charge on any atom is -0.481 e. The highest BCUT2D eigenvalue weighted by Crippen LogP contribution is 2.46. The summed E-state index contributed by atoms with van der Waals surface area (Å²) in [6.07, 6.45) is 3.10. The minimum absolute atomic E-state index is 0.642. The van der Waals surface area contributed by atoms with E-state index in [0.29, 0.717) is 17.7 Å². The van der Waals surface area contributed by atoms with E-state index >= 15 is 0 Å². The molecule has 1 heterocycles. The van der Waals surface area contributed by atoms with E-state index in [9.17, 15) is 0 Å². The van der Waals surface area contributed by atoms with Crippen LogP contribution in [0.25, 0.3) is 0 Å². The lowest BCUT2D eigenvalue weighted by atomic mass is 10.1. The van der Waals surface area contributed by atoms with Gasteiger partial charge in [-0.25, -0.2) is 4.98 Å². The molecule has 0 aromatic carbocycles. The summed E-state index contributed by atoms with van der Waals surface area (Å²) in [6.45, 7) is 0.788. The minimum atomic E-state index is 0.642. The number of nitrogens with two attached hydrogens (primary N) is 1. The van der Waals surface area contributed by atoms with Gasteiger partial charge in [-0.2, -0.15) is 0 Å². The highest BCUT2D eigenvalue weighted by atomic mass is 16.5. The van der Waals surface area contributed by atoms with E-state index in [0.717, 1.165) is 6.54 Å². The molecule has 1 fully saturated rings. The lowest BCUT2D eigenvalue weighted by Gasteiger charge is -2.00. The Bertz CT molecular complexity index is 283. The van der Waals surface area contributed by atoms with Crippen LogP contribution in [0.1, 0.15) is 17.9 Å². The predicted molar refractivity (Wildman–Crippen MR) is 50.7 cm³/mol. The van der Waals surface area contributed by atoms with E-state index in [4.69, 9.17) is 10.5 Å². The van der Waals surface area contributed by atoms with Gasteiger partial charge in [0.25, 0.3) is 0 Å². The first kappa shape index (κ1) is 8.51. The fourth-order valence-electron chi connectivity index (χ4n) is 1.65. The van der Waals surface area contributed by atoms with E-state index in [1.54, 1.807) is 7.11 Å². The first-order valence-corrected chi connectivity index (χ1v) is 4.55. The van der Waals surface area contributed by atoms with Gasteiger partial charge in [-0.15, -0.1) is 0 Å². The number of nitrogens with zero attached hydrogens (tertiary/aromatic N) is 1. The van der Waals surface area contributed by atoms with Gasteiger partial charge in [0.1, 0.15) is 0 Å². The second-order valence-corrected chi connectivity index (χ2v) is 3.47. The number of hydrogen-bond donors (Lipinski definition) is 1. The molecule has 0 bridgehead atoms. The third-order valence-electron chi connectivity index (χ3n) is 2.62. The molecule has 13 heavy (non-hydrogen) atoms. The van der Waals surface area contributed by atoms with E-state index in [2.05, 4.69) is 11.1 Å². The molecular formula is C10H14N2O. The number of aromatic nitrogens is 1. The zero-order valence-electron chi connectivity index (χ0n) is 7.73. The van der Waals surface area contributed by atoms with Crippen LogP contribution in [0, 0.1) is 5.92 Å². The molecule has 2 atom stereocenters. The number of hydrogen-bond acceptors (Lipinski definition) is 3. The van der Waals surface area contributed by atoms with E-state index in [1.807, 2.05) is 12.3 Å². The Kier molecular flexibility index (Phi) is 2.19. The SMILES string of the molecule is COc1ccc(C2CC2CN)cn1. The summed E-state index contributed by atoms with van der Waals surface area (Å²) >= 11 is 0. The van der Waals surface area contributed by atoms with Crippen LogP contribution in [0.3, 0.4) is 0 Å². The van der Waals surface area contributed by atoms with Crippen LogP contribution in [0.15, 0.2) is 18.3 Å². The lowest BCUT2D eigenvalue weighted by molar-refractivity contribution is 0.397. The van der Waals surface area contributed by atoms with Crippen LogP contribution in [-0.2, 0) is 0 Å². The Morgan fingerprint density at radius 2 is 2.46 bits per heavy atom. The monoisotopic (exact) mass is 178 g/mol. The molecule has 0 spiro atoms. The van der Waals surface area contributed by atoms with Gasteiger partial charge in [0.05, 0.1) is 7.11 Å². The Morgan fingerprint density at radius 3 is 2.92 bits per heavy atom. The van der Waals surface area contributed by atoms with Crippen molar-refractivity contribution in [1.82, 2.24) is 4.98 Å². The molecule has 0 amide bonds. The van der Waals surface area contributed by atoms with Crippen LogP contribution in [0.2, 0.25) is 0 Å². The van der Waals surface area contributed by atoms with Crippen molar-refractivity contribution in [3.63, 3.8) is 0 Å². The number of rotatable bonds is 3. The molecule has 1 aromatic heterocycles. The summed E-state index contributed by atoms with van der Waals surface area (Å²) in [7, 11) is 1.63. The van der Waals surface area contributed by atoms with Gasteiger partial charge in [0, 0.05) is 12.3 Å². The van der Waals surface area contributed by atoms with Crippen molar-refractivity contribution < 1.29 is 4.74 Å². The van der Waals surface area contributed by atoms with Gasteiger partial charge in [-0.3, -0.25) is 0 Å². The summed E-state index contributed by atoms with van der Waals surface area (Å²) in [4.78, 5) is 4.16. The lowest BCUT2D eigenvalue weighted by Crippen LogP contribution is -2.02. The van der Waals surface area contributed by atoms with Crippen LogP contribution < -0.4 is 10.5 Å². The standard InChI is InChI=1S/C10H14N2O/c1-13-10-3-2-7(6-12-10)9-4-8(9)5-11/h2-3,6,8-9H,4-5,11H2,1H3. The quantitative estimate of drug-likeness (QED) is 0.755. The molecule has 0 saturated heterocycles. The molecule has 0 aliphatic heterocycles. The molecule has 3 heteroatoms. The smallest absolute Gasteiger partial charge is 0.212 e. The number of ether oxygens (including phenoxy) is 1. The van der Waals surface area contributed by atoms with Crippen molar-refractivity contribution in [3.8, 4) is 5.88 Å². The summed E-state index contributed by atoms with van der Waals surface area (Å²) in [5.41, 5.74) is 6.86. The average molecular weight is 178 g/mol. The number of pyridine rings is 1. The average Bonchev–Trinajstić information content (AvgIpc) is 2.97. The van der Waals surface area contributed by atoms with Crippen molar-refractivity contribution in [2.75, 3.05) is 13.7 Å². The Hall–Kier alpha value is -1.09. The molecule has 1 saturated carbocycles. The maximum Gasteiger partial charge on any atom is 0.212 e. The molecule has 2 N–H and O–H groups in total. The van der Waals surface area contributed by atoms with E-state index in [-0.39, 0.29) is 0 Å².